The summed E-state index contributed by atoms with van der Waals surface area (Å²) >= 11 is 7.28. The lowest BCUT2D eigenvalue weighted by atomic mass is 10.2. The number of carbonyl (C=O) groups is 1. The summed E-state index contributed by atoms with van der Waals surface area (Å²) in [5.41, 5.74) is 0.548. The predicted octanol–water partition coefficient (Wildman–Crippen LogP) is 3.71. The second kappa shape index (κ2) is 5.99. The van der Waals surface area contributed by atoms with Gasteiger partial charge in [0.1, 0.15) is 0 Å². The third-order valence-corrected chi connectivity index (χ3v) is 5.03. The Kier molecular flexibility index (Phi) is 4.52. The minimum atomic E-state index is -3.20. The Bertz CT molecular complexity index is 738. The molecule has 0 saturated heterocycles. The molecule has 0 aliphatic carbocycles. The van der Waals surface area contributed by atoms with Crippen LogP contribution in [-0.4, -0.2) is 21.0 Å². The maximum absolute atomic E-state index is 11.4. The van der Waals surface area contributed by atoms with Gasteiger partial charge in [0.05, 0.1) is 4.90 Å². The first-order chi connectivity index (χ1) is 9.40. The van der Waals surface area contributed by atoms with E-state index in [1.54, 1.807) is 42.5 Å². The van der Waals surface area contributed by atoms with Crippen molar-refractivity contribution in [3.05, 3.63) is 53.1 Å². The van der Waals surface area contributed by atoms with Crippen LogP contribution in [0.1, 0.15) is 10.4 Å². The van der Waals surface area contributed by atoms with E-state index in [0.29, 0.717) is 10.6 Å². The van der Waals surface area contributed by atoms with E-state index in [9.17, 15) is 13.2 Å². The maximum atomic E-state index is 11.4. The van der Waals surface area contributed by atoms with Gasteiger partial charge < -0.3 is 0 Å². The van der Waals surface area contributed by atoms with Crippen molar-refractivity contribution in [3.8, 4) is 0 Å². The Morgan fingerprint density at radius 2 is 1.75 bits per heavy atom. The van der Waals surface area contributed by atoms with Gasteiger partial charge in [0.15, 0.2) is 16.1 Å². The molecule has 0 amide bonds. The van der Waals surface area contributed by atoms with Gasteiger partial charge in [0.2, 0.25) is 0 Å². The van der Waals surface area contributed by atoms with Crippen LogP contribution in [0.4, 0.5) is 0 Å². The average molecular weight is 327 g/mol. The van der Waals surface area contributed by atoms with Crippen LogP contribution in [0.2, 0.25) is 5.02 Å². The molecule has 0 aliphatic heterocycles. The standard InChI is InChI=1S/C14H11ClO3S2/c1-20(17,18)13-6-4-12(5-7-13)19-14-8-11(15)3-2-10(14)9-16/h2-9H,1H3. The molecule has 2 rings (SSSR count). The van der Waals surface area contributed by atoms with Gasteiger partial charge in [-0.15, -0.1) is 0 Å². The van der Waals surface area contributed by atoms with Crippen molar-refractivity contribution in [2.45, 2.75) is 14.7 Å². The predicted molar refractivity (Wildman–Crippen MR) is 80.5 cm³/mol. The van der Waals surface area contributed by atoms with Crippen molar-refractivity contribution < 1.29 is 13.2 Å². The molecule has 0 unspecified atom stereocenters. The highest BCUT2D eigenvalue weighted by molar-refractivity contribution is 7.99. The van der Waals surface area contributed by atoms with E-state index in [1.807, 2.05) is 0 Å². The van der Waals surface area contributed by atoms with Gasteiger partial charge in [0.25, 0.3) is 0 Å². The molecule has 0 N–H and O–H groups in total. The van der Waals surface area contributed by atoms with Crippen molar-refractivity contribution in [2.75, 3.05) is 6.26 Å². The first-order valence-electron chi connectivity index (χ1n) is 5.63. The zero-order valence-corrected chi connectivity index (χ0v) is 12.9. The van der Waals surface area contributed by atoms with E-state index >= 15 is 0 Å². The highest BCUT2D eigenvalue weighted by atomic mass is 35.5. The van der Waals surface area contributed by atoms with Crippen molar-refractivity contribution in [1.82, 2.24) is 0 Å². The normalized spacial score (nSPS) is 11.3. The second-order valence-corrected chi connectivity index (χ2v) is 7.71. The molecule has 0 radical (unpaired) electrons. The quantitative estimate of drug-likeness (QED) is 0.804. The number of aldehydes is 1. The second-order valence-electron chi connectivity index (χ2n) is 4.15. The summed E-state index contributed by atoms with van der Waals surface area (Å²) in [4.78, 5) is 12.8. The fraction of sp³-hybridized carbons (Fsp3) is 0.0714. The Hall–Kier alpha value is -1.30. The van der Waals surface area contributed by atoms with Gasteiger partial charge in [-0.05, 0) is 42.5 Å². The third-order valence-electron chi connectivity index (χ3n) is 2.58. The van der Waals surface area contributed by atoms with Crippen molar-refractivity contribution in [3.63, 3.8) is 0 Å². The first-order valence-corrected chi connectivity index (χ1v) is 8.71. The first kappa shape index (κ1) is 15.1. The van der Waals surface area contributed by atoms with Crippen LogP contribution < -0.4 is 0 Å². The van der Waals surface area contributed by atoms with E-state index in [4.69, 9.17) is 11.6 Å². The van der Waals surface area contributed by atoms with Crippen LogP contribution in [-0.2, 0) is 9.84 Å². The minimum Gasteiger partial charge on any atom is -0.298 e. The Morgan fingerprint density at radius 1 is 1.10 bits per heavy atom. The molecule has 0 fully saturated rings. The number of sulfone groups is 1. The molecule has 2 aromatic carbocycles. The van der Waals surface area contributed by atoms with Crippen LogP contribution in [0.3, 0.4) is 0 Å². The Labute approximate surface area is 126 Å². The van der Waals surface area contributed by atoms with E-state index in [0.717, 1.165) is 22.3 Å². The summed E-state index contributed by atoms with van der Waals surface area (Å²) in [7, 11) is -3.20. The SMILES string of the molecule is CS(=O)(=O)c1ccc(Sc2cc(Cl)ccc2C=O)cc1. The smallest absolute Gasteiger partial charge is 0.175 e. The molecule has 0 atom stereocenters. The fourth-order valence-corrected chi connectivity index (χ4v) is 3.39. The zero-order chi connectivity index (χ0) is 14.8. The van der Waals surface area contributed by atoms with E-state index in [1.165, 1.54) is 11.8 Å². The van der Waals surface area contributed by atoms with Crippen LogP contribution in [0.5, 0.6) is 0 Å². The highest BCUT2D eigenvalue weighted by Crippen LogP contribution is 2.32. The molecule has 0 bridgehead atoms. The average Bonchev–Trinajstić information content (AvgIpc) is 2.38. The lowest BCUT2D eigenvalue weighted by molar-refractivity contribution is 0.112. The van der Waals surface area contributed by atoms with Gasteiger partial charge in [0, 0.05) is 26.6 Å². The van der Waals surface area contributed by atoms with Crippen molar-refractivity contribution in [1.29, 1.82) is 0 Å². The van der Waals surface area contributed by atoms with Crippen LogP contribution >= 0.6 is 23.4 Å². The third kappa shape index (κ3) is 3.62. The molecule has 0 spiro atoms. The molecule has 20 heavy (non-hydrogen) atoms. The summed E-state index contributed by atoms with van der Waals surface area (Å²) in [6, 6.07) is 11.5. The van der Waals surface area contributed by atoms with Gasteiger partial charge in [-0.1, -0.05) is 23.4 Å². The minimum absolute atomic E-state index is 0.267. The Balaban J connectivity index is 2.31. The molecule has 6 heteroatoms. The largest absolute Gasteiger partial charge is 0.298 e. The number of benzene rings is 2. The zero-order valence-electron chi connectivity index (χ0n) is 10.5. The molecule has 0 aromatic heterocycles. The van der Waals surface area contributed by atoms with Gasteiger partial charge >= 0.3 is 0 Å². The number of hydrogen-bond acceptors (Lipinski definition) is 4. The molecular weight excluding hydrogens is 316 g/mol. The summed E-state index contributed by atoms with van der Waals surface area (Å²) in [6.07, 6.45) is 1.93. The number of hydrogen-bond donors (Lipinski definition) is 0. The summed E-state index contributed by atoms with van der Waals surface area (Å²) < 4.78 is 22.8. The molecule has 0 saturated carbocycles. The number of halogens is 1. The fourth-order valence-electron chi connectivity index (χ4n) is 1.58. The summed E-state index contributed by atoms with van der Waals surface area (Å²) in [6.45, 7) is 0. The molecule has 104 valence electrons. The van der Waals surface area contributed by atoms with Crippen LogP contribution in [0, 0.1) is 0 Å². The van der Waals surface area contributed by atoms with Crippen molar-refractivity contribution >= 4 is 39.5 Å². The van der Waals surface area contributed by atoms with Crippen molar-refractivity contribution in [2.24, 2.45) is 0 Å². The Morgan fingerprint density at radius 3 is 2.30 bits per heavy atom. The molecule has 2 aromatic rings. The monoisotopic (exact) mass is 326 g/mol. The lowest BCUT2D eigenvalue weighted by Gasteiger charge is -2.06. The lowest BCUT2D eigenvalue weighted by Crippen LogP contribution is -1.96. The number of carbonyl (C=O) groups excluding carboxylic acids is 1. The highest BCUT2D eigenvalue weighted by Gasteiger charge is 2.08. The summed E-state index contributed by atoms with van der Waals surface area (Å²) in [5, 5.41) is 0.547. The molecule has 0 heterocycles. The van der Waals surface area contributed by atoms with Crippen LogP contribution in [0.25, 0.3) is 0 Å². The van der Waals surface area contributed by atoms with Crippen LogP contribution in [0.15, 0.2) is 57.2 Å². The summed E-state index contributed by atoms with van der Waals surface area (Å²) in [5.74, 6) is 0. The molecule has 3 nitrogen and oxygen atoms in total. The maximum Gasteiger partial charge on any atom is 0.175 e. The topological polar surface area (TPSA) is 51.2 Å². The number of rotatable bonds is 4. The van der Waals surface area contributed by atoms with Gasteiger partial charge in [-0.3, -0.25) is 4.79 Å². The van der Waals surface area contributed by atoms with E-state index in [-0.39, 0.29) is 4.90 Å². The van der Waals surface area contributed by atoms with Gasteiger partial charge in [-0.2, -0.15) is 0 Å². The van der Waals surface area contributed by atoms with E-state index < -0.39 is 9.84 Å². The molecule has 0 aliphatic rings. The van der Waals surface area contributed by atoms with Gasteiger partial charge in [-0.25, -0.2) is 8.42 Å². The molecular formula is C14H11ClO3S2. The van der Waals surface area contributed by atoms with E-state index in [2.05, 4.69) is 0 Å².